The molecular formula is C17H24N2O. The van der Waals surface area contributed by atoms with Gasteiger partial charge in [-0.05, 0) is 43.4 Å². The molecule has 20 heavy (non-hydrogen) atoms. The molecule has 1 spiro atoms. The van der Waals surface area contributed by atoms with Crippen LogP contribution < -0.4 is 10.6 Å². The maximum atomic E-state index is 12.3. The highest BCUT2D eigenvalue weighted by Gasteiger charge is 2.61. The van der Waals surface area contributed by atoms with Crippen molar-refractivity contribution in [1.29, 1.82) is 0 Å². The van der Waals surface area contributed by atoms with Crippen molar-refractivity contribution in [3.05, 3.63) is 35.4 Å². The molecule has 0 heterocycles. The van der Waals surface area contributed by atoms with E-state index in [1.807, 2.05) is 0 Å². The smallest absolute Gasteiger partial charge is 0.224 e. The minimum absolute atomic E-state index is 0.178. The molecule has 0 radical (unpaired) electrons. The van der Waals surface area contributed by atoms with E-state index in [0.29, 0.717) is 0 Å². The second kappa shape index (κ2) is 5.57. The maximum Gasteiger partial charge on any atom is 0.224 e. The van der Waals surface area contributed by atoms with E-state index in [1.165, 1.54) is 11.1 Å². The van der Waals surface area contributed by atoms with Gasteiger partial charge in [0.2, 0.25) is 5.91 Å². The number of aryl methyl sites for hydroxylation is 1. The maximum absolute atomic E-state index is 12.3. The van der Waals surface area contributed by atoms with Crippen LogP contribution in [-0.4, -0.2) is 25.5 Å². The number of nitrogens with one attached hydrogen (secondary N) is 2. The van der Waals surface area contributed by atoms with Crippen molar-refractivity contribution in [2.24, 2.45) is 5.92 Å². The standard InChI is InChI=1S/C17H24N2O/c1-2-9-18-10-11-19-16(20)15-12-17(15)8-7-13-5-3-4-6-14(13)17/h3-6,15,18H,2,7-12H2,1H3,(H,19,20). The van der Waals surface area contributed by atoms with E-state index in [2.05, 4.69) is 41.8 Å². The first-order valence-corrected chi connectivity index (χ1v) is 7.85. The first-order valence-electron chi connectivity index (χ1n) is 7.85. The topological polar surface area (TPSA) is 41.1 Å². The molecule has 2 aliphatic carbocycles. The highest BCUT2D eigenvalue weighted by atomic mass is 16.2. The fourth-order valence-electron chi connectivity index (χ4n) is 3.64. The molecule has 2 atom stereocenters. The third-order valence-corrected chi connectivity index (χ3v) is 4.81. The Kier molecular flexibility index (Phi) is 3.79. The number of carbonyl (C=O) groups is 1. The number of amides is 1. The summed E-state index contributed by atoms with van der Waals surface area (Å²) in [6, 6.07) is 8.65. The molecule has 3 nitrogen and oxygen atoms in total. The Hall–Kier alpha value is -1.35. The Morgan fingerprint density at radius 2 is 2.15 bits per heavy atom. The Labute approximate surface area is 121 Å². The van der Waals surface area contributed by atoms with Gasteiger partial charge in [-0.2, -0.15) is 0 Å². The van der Waals surface area contributed by atoms with Crippen molar-refractivity contribution in [3.8, 4) is 0 Å². The zero-order chi connectivity index (χ0) is 14.0. The van der Waals surface area contributed by atoms with E-state index in [4.69, 9.17) is 0 Å². The summed E-state index contributed by atoms with van der Waals surface area (Å²) in [5.41, 5.74) is 3.06. The number of hydrogen-bond donors (Lipinski definition) is 2. The van der Waals surface area contributed by atoms with Crippen LogP contribution in [0.5, 0.6) is 0 Å². The second-order valence-corrected chi connectivity index (χ2v) is 6.11. The molecule has 2 aliphatic rings. The van der Waals surface area contributed by atoms with Crippen molar-refractivity contribution in [3.63, 3.8) is 0 Å². The van der Waals surface area contributed by atoms with Gasteiger partial charge >= 0.3 is 0 Å². The predicted molar refractivity (Wildman–Crippen MR) is 80.7 cm³/mol. The van der Waals surface area contributed by atoms with Crippen LogP contribution in [0.4, 0.5) is 0 Å². The van der Waals surface area contributed by atoms with Crippen LogP contribution in [0.15, 0.2) is 24.3 Å². The lowest BCUT2D eigenvalue weighted by Gasteiger charge is -2.12. The van der Waals surface area contributed by atoms with Crippen molar-refractivity contribution in [1.82, 2.24) is 10.6 Å². The number of benzene rings is 1. The van der Waals surface area contributed by atoms with Gasteiger partial charge in [0.1, 0.15) is 0 Å². The summed E-state index contributed by atoms with van der Waals surface area (Å²) in [6.07, 6.45) is 4.46. The van der Waals surface area contributed by atoms with Gasteiger partial charge in [-0.25, -0.2) is 0 Å². The molecule has 1 aromatic carbocycles. The molecule has 108 valence electrons. The zero-order valence-corrected chi connectivity index (χ0v) is 12.2. The van der Waals surface area contributed by atoms with Gasteiger partial charge in [0.15, 0.2) is 0 Å². The lowest BCUT2D eigenvalue weighted by atomic mass is 9.95. The Balaban J connectivity index is 1.53. The van der Waals surface area contributed by atoms with Crippen LogP contribution in [0.1, 0.15) is 37.3 Å². The molecule has 1 fully saturated rings. The molecule has 2 unspecified atom stereocenters. The molecule has 0 saturated heterocycles. The van der Waals surface area contributed by atoms with Gasteiger partial charge in [0.25, 0.3) is 0 Å². The fraction of sp³-hybridized carbons (Fsp3) is 0.588. The largest absolute Gasteiger partial charge is 0.355 e. The van der Waals surface area contributed by atoms with E-state index < -0.39 is 0 Å². The summed E-state index contributed by atoms with van der Waals surface area (Å²) in [5, 5.41) is 6.40. The Bertz CT molecular complexity index is 500. The highest BCUT2D eigenvalue weighted by Crippen LogP contribution is 2.61. The Morgan fingerprint density at radius 3 is 3.00 bits per heavy atom. The molecule has 3 heteroatoms. The predicted octanol–water partition coefficient (Wildman–Crippen LogP) is 2.01. The first kappa shape index (κ1) is 13.6. The molecular weight excluding hydrogens is 248 g/mol. The van der Waals surface area contributed by atoms with Crippen molar-refractivity contribution in [2.45, 2.75) is 38.0 Å². The summed E-state index contributed by atoms with van der Waals surface area (Å²) >= 11 is 0. The average molecular weight is 272 g/mol. The fourth-order valence-corrected chi connectivity index (χ4v) is 3.64. The first-order chi connectivity index (χ1) is 9.78. The van der Waals surface area contributed by atoms with Gasteiger partial charge in [0.05, 0.1) is 0 Å². The van der Waals surface area contributed by atoms with Gasteiger partial charge in [0, 0.05) is 24.4 Å². The molecule has 0 aliphatic heterocycles. The van der Waals surface area contributed by atoms with Gasteiger partial charge in [-0.15, -0.1) is 0 Å². The quantitative estimate of drug-likeness (QED) is 0.778. The van der Waals surface area contributed by atoms with Gasteiger partial charge in [-0.1, -0.05) is 31.2 Å². The molecule has 0 bridgehead atoms. The lowest BCUT2D eigenvalue weighted by Crippen LogP contribution is -2.34. The molecule has 2 N–H and O–H groups in total. The lowest BCUT2D eigenvalue weighted by molar-refractivity contribution is -0.122. The minimum atomic E-state index is 0.178. The molecule has 0 aromatic heterocycles. The summed E-state index contributed by atoms with van der Waals surface area (Å²) in [7, 11) is 0. The van der Waals surface area contributed by atoms with Crippen LogP contribution in [0.25, 0.3) is 0 Å². The number of hydrogen-bond acceptors (Lipinski definition) is 2. The molecule has 1 aromatic rings. The molecule has 3 rings (SSSR count). The summed E-state index contributed by atoms with van der Waals surface area (Å²) in [5.74, 6) is 0.456. The van der Waals surface area contributed by atoms with E-state index in [9.17, 15) is 4.79 Å². The van der Waals surface area contributed by atoms with Crippen LogP contribution >= 0.6 is 0 Å². The molecule has 1 amide bonds. The van der Waals surface area contributed by atoms with Crippen molar-refractivity contribution in [2.75, 3.05) is 19.6 Å². The third-order valence-electron chi connectivity index (χ3n) is 4.81. The van der Waals surface area contributed by atoms with Gasteiger partial charge in [-0.3, -0.25) is 4.79 Å². The van der Waals surface area contributed by atoms with Crippen LogP contribution in [0.3, 0.4) is 0 Å². The van der Waals surface area contributed by atoms with E-state index in [-0.39, 0.29) is 17.2 Å². The Morgan fingerprint density at radius 1 is 1.30 bits per heavy atom. The SMILES string of the molecule is CCCNCCNC(=O)C1CC12CCc1ccccc12. The minimum Gasteiger partial charge on any atom is -0.355 e. The summed E-state index contributed by atoms with van der Waals surface area (Å²) in [6.45, 7) is 4.79. The third kappa shape index (κ3) is 2.35. The van der Waals surface area contributed by atoms with E-state index >= 15 is 0 Å². The van der Waals surface area contributed by atoms with Crippen LogP contribution in [0, 0.1) is 5.92 Å². The zero-order valence-electron chi connectivity index (χ0n) is 12.2. The van der Waals surface area contributed by atoms with Crippen LogP contribution in [-0.2, 0) is 16.6 Å². The van der Waals surface area contributed by atoms with Crippen LogP contribution in [0.2, 0.25) is 0 Å². The number of rotatable bonds is 6. The number of carbonyl (C=O) groups excluding carboxylic acids is 1. The van der Waals surface area contributed by atoms with Crippen molar-refractivity contribution >= 4 is 5.91 Å². The summed E-state index contributed by atoms with van der Waals surface area (Å²) in [4.78, 5) is 12.3. The monoisotopic (exact) mass is 272 g/mol. The van der Waals surface area contributed by atoms with E-state index in [1.54, 1.807) is 0 Å². The van der Waals surface area contributed by atoms with E-state index in [0.717, 1.165) is 45.3 Å². The normalized spacial score (nSPS) is 26.6. The average Bonchev–Trinajstić information content (AvgIpc) is 3.09. The highest BCUT2D eigenvalue weighted by molar-refractivity contribution is 5.85. The number of fused-ring (bicyclic) bond motifs is 2. The second-order valence-electron chi connectivity index (χ2n) is 6.11. The molecule has 1 saturated carbocycles. The summed E-state index contributed by atoms with van der Waals surface area (Å²) < 4.78 is 0. The van der Waals surface area contributed by atoms with Crippen molar-refractivity contribution < 1.29 is 4.79 Å². The van der Waals surface area contributed by atoms with Gasteiger partial charge < -0.3 is 10.6 Å².